The Morgan fingerprint density at radius 3 is 2.64 bits per heavy atom. The van der Waals surface area contributed by atoms with Crippen LogP contribution in [0, 0.1) is 5.92 Å². The van der Waals surface area contributed by atoms with Crippen molar-refractivity contribution in [1.82, 2.24) is 0 Å². The molecule has 1 aliphatic heterocycles. The molecular weight excluding hydrogens is 156 g/mol. The van der Waals surface area contributed by atoms with Crippen LogP contribution in [-0.4, -0.2) is 22.2 Å². The molecular formula is C9H18OS. The number of rotatable bonds is 3. The van der Waals surface area contributed by atoms with E-state index in [1.54, 1.807) is 0 Å². The van der Waals surface area contributed by atoms with Crippen LogP contribution < -0.4 is 0 Å². The van der Waals surface area contributed by atoms with Crippen molar-refractivity contribution in [2.45, 2.75) is 43.6 Å². The first-order chi connectivity index (χ1) is 5.24. The number of hydrogen-bond acceptors (Lipinski definition) is 2. The van der Waals surface area contributed by atoms with Crippen molar-refractivity contribution in [2.24, 2.45) is 5.92 Å². The number of hydrogen-bond donors (Lipinski definition) is 1. The van der Waals surface area contributed by atoms with Gasteiger partial charge in [-0.05, 0) is 25.2 Å². The largest absolute Gasteiger partial charge is 0.396 e. The molecule has 0 aromatic rings. The van der Waals surface area contributed by atoms with Crippen LogP contribution >= 0.6 is 11.8 Å². The van der Waals surface area contributed by atoms with Crippen LogP contribution in [0.4, 0.5) is 0 Å². The zero-order chi connectivity index (χ0) is 8.27. The van der Waals surface area contributed by atoms with Crippen LogP contribution in [0.15, 0.2) is 0 Å². The molecule has 0 aromatic heterocycles. The van der Waals surface area contributed by atoms with Crippen LogP contribution in [0.25, 0.3) is 0 Å². The molecule has 3 unspecified atom stereocenters. The Balaban J connectivity index is 2.23. The topological polar surface area (TPSA) is 20.2 Å². The SMILES string of the molecule is CC1CC(CCCO)C(C)S1. The highest BCUT2D eigenvalue weighted by Crippen LogP contribution is 2.39. The fourth-order valence-corrected chi connectivity index (χ4v) is 3.42. The molecule has 0 aromatic carbocycles. The van der Waals surface area contributed by atoms with Gasteiger partial charge in [-0.3, -0.25) is 0 Å². The Morgan fingerprint density at radius 2 is 2.18 bits per heavy atom. The second kappa shape index (κ2) is 4.36. The molecule has 1 N–H and O–H groups in total. The highest BCUT2D eigenvalue weighted by atomic mass is 32.2. The van der Waals surface area contributed by atoms with Gasteiger partial charge in [-0.15, -0.1) is 0 Å². The summed E-state index contributed by atoms with van der Waals surface area (Å²) in [4.78, 5) is 0. The van der Waals surface area contributed by atoms with E-state index in [9.17, 15) is 0 Å². The minimum absolute atomic E-state index is 0.363. The Morgan fingerprint density at radius 1 is 1.45 bits per heavy atom. The van der Waals surface area contributed by atoms with E-state index >= 15 is 0 Å². The van der Waals surface area contributed by atoms with E-state index in [1.807, 2.05) is 0 Å². The third-order valence-corrected chi connectivity index (χ3v) is 3.95. The van der Waals surface area contributed by atoms with Crippen molar-refractivity contribution >= 4 is 11.8 Å². The van der Waals surface area contributed by atoms with E-state index in [-0.39, 0.29) is 0 Å². The van der Waals surface area contributed by atoms with Gasteiger partial charge < -0.3 is 5.11 Å². The molecule has 1 nitrogen and oxygen atoms in total. The standard InChI is InChI=1S/C9H18OS/c1-7-6-9(4-3-5-10)8(2)11-7/h7-10H,3-6H2,1-2H3. The maximum Gasteiger partial charge on any atom is 0.0431 e. The van der Waals surface area contributed by atoms with Gasteiger partial charge in [0.15, 0.2) is 0 Å². The first-order valence-electron chi connectivity index (χ1n) is 4.50. The first kappa shape index (κ1) is 9.40. The summed E-state index contributed by atoms with van der Waals surface area (Å²) in [5.74, 6) is 0.863. The Kier molecular flexibility index (Phi) is 3.73. The third-order valence-electron chi connectivity index (χ3n) is 2.48. The zero-order valence-electron chi connectivity index (χ0n) is 7.42. The Bertz CT molecular complexity index is 116. The molecule has 0 spiro atoms. The van der Waals surface area contributed by atoms with Crippen molar-refractivity contribution in [3.63, 3.8) is 0 Å². The summed E-state index contributed by atoms with van der Waals surface area (Å²) in [6, 6.07) is 0. The lowest BCUT2D eigenvalue weighted by Crippen LogP contribution is -2.07. The summed E-state index contributed by atoms with van der Waals surface area (Å²) in [5.41, 5.74) is 0. The number of aliphatic hydroxyl groups is 1. The van der Waals surface area contributed by atoms with E-state index in [2.05, 4.69) is 25.6 Å². The minimum Gasteiger partial charge on any atom is -0.396 e. The molecule has 1 heterocycles. The van der Waals surface area contributed by atoms with Gasteiger partial charge in [0.2, 0.25) is 0 Å². The lowest BCUT2D eigenvalue weighted by atomic mass is 9.96. The van der Waals surface area contributed by atoms with Gasteiger partial charge in [0.1, 0.15) is 0 Å². The van der Waals surface area contributed by atoms with E-state index < -0.39 is 0 Å². The molecule has 0 radical (unpaired) electrons. The quantitative estimate of drug-likeness (QED) is 0.708. The van der Waals surface area contributed by atoms with E-state index in [1.165, 1.54) is 12.8 Å². The summed E-state index contributed by atoms with van der Waals surface area (Å²) in [6.07, 6.45) is 3.56. The van der Waals surface area contributed by atoms with Gasteiger partial charge in [-0.1, -0.05) is 13.8 Å². The molecule has 0 amide bonds. The Hall–Kier alpha value is 0.310. The molecule has 1 fully saturated rings. The number of aliphatic hydroxyl groups excluding tert-OH is 1. The van der Waals surface area contributed by atoms with Crippen LogP contribution in [0.5, 0.6) is 0 Å². The lowest BCUT2D eigenvalue weighted by Gasteiger charge is -2.12. The molecule has 11 heavy (non-hydrogen) atoms. The summed E-state index contributed by atoms with van der Waals surface area (Å²) in [5, 5.41) is 10.3. The summed E-state index contributed by atoms with van der Waals surface area (Å²) in [6.45, 7) is 4.98. The fourth-order valence-electron chi connectivity index (χ4n) is 1.86. The van der Waals surface area contributed by atoms with Gasteiger partial charge in [0, 0.05) is 17.1 Å². The predicted octanol–water partition coefficient (Wildman–Crippen LogP) is 2.29. The van der Waals surface area contributed by atoms with E-state index in [4.69, 9.17) is 5.11 Å². The molecule has 0 saturated carbocycles. The molecule has 1 saturated heterocycles. The zero-order valence-corrected chi connectivity index (χ0v) is 8.23. The summed E-state index contributed by atoms with van der Waals surface area (Å²) in [7, 11) is 0. The highest BCUT2D eigenvalue weighted by molar-refractivity contribution is 8.00. The maximum absolute atomic E-state index is 8.67. The van der Waals surface area contributed by atoms with E-state index in [0.29, 0.717) is 6.61 Å². The van der Waals surface area contributed by atoms with Crippen molar-refractivity contribution in [3.8, 4) is 0 Å². The molecule has 2 heteroatoms. The normalized spacial score (nSPS) is 37.9. The van der Waals surface area contributed by atoms with Gasteiger partial charge in [-0.2, -0.15) is 11.8 Å². The second-order valence-corrected chi connectivity index (χ2v) is 5.33. The van der Waals surface area contributed by atoms with Crippen molar-refractivity contribution in [2.75, 3.05) is 6.61 Å². The monoisotopic (exact) mass is 174 g/mol. The summed E-state index contributed by atoms with van der Waals surface area (Å²) < 4.78 is 0. The highest BCUT2D eigenvalue weighted by Gasteiger charge is 2.28. The number of thioether (sulfide) groups is 1. The summed E-state index contributed by atoms with van der Waals surface area (Å²) >= 11 is 2.10. The lowest BCUT2D eigenvalue weighted by molar-refractivity contribution is 0.270. The van der Waals surface area contributed by atoms with Crippen molar-refractivity contribution in [1.29, 1.82) is 0 Å². The second-order valence-electron chi connectivity index (χ2n) is 3.51. The van der Waals surface area contributed by atoms with Crippen LogP contribution in [-0.2, 0) is 0 Å². The van der Waals surface area contributed by atoms with Gasteiger partial charge in [0.25, 0.3) is 0 Å². The fraction of sp³-hybridized carbons (Fsp3) is 1.00. The van der Waals surface area contributed by atoms with E-state index in [0.717, 1.165) is 22.8 Å². The van der Waals surface area contributed by atoms with Gasteiger partial charge in [-0.25, -0.2) is 0 Å². The minimum atomic E-state index is 0.363. The third kappa shape index (κ3) is 2.68. The van der Waals surface area contributed by atoms with Crippen LogP contribution in [0.1, 0.15) is 33.1 Å². The first-order valence-corrected chi connectivity index (χ1v) is 5.44. The molecule has 0 aliphatic carbocycles. The van der Waals surface area contributed by atoms with Crippen LogP contribution in [0.3, 0.4) is 0 Å². The van der Waals surface area contributed by atoms with Crippen LogP contribution in [0.2, 0.25) is 0 Å². The average Bonchev–Trinajstić information content (AvgIpc) is 2.26. The molecule has 1 rings (SSSR count). The Labute approximate surface area is 73.6 Å². The van der Waals surface area contributed by atoms with Gasteiger partial charge >= 0.3 is 0 Å². The smallest absolute Gasteiger partial charge is 0.0431 e. The maximum atomic E-state index is 8.67. The van der Waals surface area contributed by atoms with Crippen molar-refractivity contribution < 1.29 is 5.11 Å². The molecule has 66 valence electrons. The predicted molar refractivity (Wildman–Crippen MR) is 50.9 cm³/mol. The van der Waals surface area contributed by atoms with Gasteiger partial charge in [0.05, 0.1) is 0 Å². The molecule has 3 atom stereocenters. The molecule has 0 bridgehead atoms. The van der Waals surface area contributed by atoms with Crippen molar-refractivity contribution in [3.05, 3.63) is 0 Å². The average molecular weight is 174 g/mol. The molecule has 1 aliphatic rings.